The molecule has 1 aromatic rings. The van der Waals surface area contributed by atoms with E-state index in [0.29, 0.717) is 0 Å². The normalized spacial score (nSPS) is 7.82. The van der Waals surface area contributed by atoms with Crippen LogP contribution in [-0.4, -0.2) is 13.1 Å². The van der Waals surface area contributed by atoms with Gasteiger partial charge < -0.3 is 10.6 Å². The Hall–Kier alpha value is 0.244. The predicted octanol–water partition coefficient (Wildman–Crippen LogP) is 3.21. The van der Waals surface area contributed by atoms with Crippen LogP contribution in [0.25, 0.3) is 0 Å². The summed E-state index contributed by atoms with van der Waals surface area (Å²) in [6, 6.07) is 10.2. The summed E-state index contributed by atoms with van der Waals surface area (Å²) in [6.07, 6.45) is 0. The molecule has 0 heterocycles. The topological polar surface area (TPSA) is 24.1 Å². The molecule has 1 rings (SSSR count). The molecule has 0 saturated carbocycles. The van der Waals surface area contributed by atoms with Crippen molar-refractivity contribution in [2.24, 2.45) is 0 Å². The van der Waals surface area contributed by atoms with Crippen molar-refractivity contribution in [1.29, 1.82) is 0 Å². The molecule has 0 aliphatic carbocycles. The van der Waals surface area contributed by atoms with Gasteiger partial charge in [-0.05, 0) is 25.2 Å². The SMILES string of the molecule is CC.CCNCC.[CH2-]NCc1ccccc1.[Y]. The second-order valence-corrected chi connectivity index (χ2v) is 2.87. The maximum atomic E-state index is 3.53. The van der Waals surface area contributed by atoms with Gasteiger partial charge in [0.15, 0.2) is 0 Å². The van der Waals surface area contributed by atoms with Gasteiger partial charge in [0.25, 0.3) is 0 Å². The largest absolute Gasteiger partial charge is 0.469 e. The van der Waals surface area contributed by atoms with Gasteiger partial charge in [0.1, 0.15) is 0 Å². The molecule has 17 heavy (non-hydrogen) atoms. The molecule has 0 bridgehead atoms. The summed E-state index contributed by atoms with van der Waals surface area (Å²) < 4.78 is 0. The van der Waals surface area contributed by atoms with Crippen LogP contribution in [0.3, 0.4) is 0 Å². The number of hydrogen-bond donors (Lipinski definition) is 2. The Morgan fingerprint density at radius 2 is 1.47 bits per heavy atom. The molecule has 1 aromatic carbocycles. The van der Waals surface area contributed by atoms with Crippen molar-refractivity contribution in [3.63, 3.8) is 0 Å². The summed E-state index contributed by atoms with van der Waals surface area (Å²) in [5.74, 6) is 0. The average molecular weight is 312 g/mol. The second-order valence-electron chi connectivity index (χ2n) is 2.87. The first-order valence-electron chi connectivity index (χ1n) is 6.09. The third-order valence-corrected chi connectivity index (χ3v) is 1.67. The van der Waals surface area contributed by atoms with Crippen LogP contribution in [0, 0.1) is 7.05 Å². The zero-order chi connectivity index (χ0) is 12.6. The molecule has 2 nitrogen and oxygen atoms in total. The fourth-order valence-corrected chi connectivity index (χ4v) is 0.990. The van der Waals surface area contributed by atoms with Crippen LogP contribution in [0.15, 0.2) is 30.3 Å². The molecule has 0 aliphatic heterocycles. The Bertz CT molecular complexity index is 201. The molecule has 0 aromatic heterocycles. The van der Waals surface area contributed by atoms with Gasteiger partial charge in [-0.1, -0.05) is 58.0 Å². The third kappa shape index (κ3) is 18.8. The number of benzene rings is 1. The van der Waals surface area contributed by atoms with Crippen molar-refractivity contribution in [2.75, 3.05) is 13.1 Å². The monoisotopic (exact) mass is 312 g/mol. The standard InChI is InChI=1S/C8H10N.C4H11N.C2H6.Y/c1-9-7-8-5-3-2-4-6-8;1-3-5-4-2;1-2;/h2-6,9H,1,7H2;5H,3-4H2,1-2H3;1-2H3;/q-1;;;. The number of rotatable bonds is 4. The summed E-state index contributed by atoms with van der Waals surface area (Å²) in [5, 5.41) is 5.95. The van der Waals surface area contributed by atoms with Crippen LogP contribution in [0.1, 0.15) is 33.3 Å². The van der Waals surface area contributed by atoms with E-state index in [1.54, 1.807) is 0 Å². The van der Waals surface area contributed by atoms with Gasteiger partial charge in [-0.25, -0.2) is 0 Å². The second kappa shape index (κ2) is 21.5. The van der Waals surface area contributed by atoms with Gasteiger partial charge in [0.2, 0.25) is 0 Å². The van der Waals surface area contributed by atoms with Crippen molar-refractivity contribution in [3.05, 3.63) is 42.9 Å². The molecule has 0 unspecified atom stereocenters. The summed E-state index contributed by atoms with van der Waals surface area (Å²) in [6.45, 7) is 11.2. The minimum atomic E-state index is 0. The minimum Gasteiger partial charge on any atom is -0.469 e. The Kier molecular flexibility index (Phi) is 28.4. The van der Waals surface area contributed by atoms with Gasteiger partial charge in [-0.15, -0.1) is 0 Å². The summed E-state index contributed by atoms with van der Waals surface area (Å²) >= 11 is 0. The van der Waals surface area contributed by atoms with Gasteiger partial charge >= 0.3 is 0 Å². The van der Waals surface area contributed by atoms with Gasteiger partial charge in [-0.3, -0.25) is 7.05 Å². The van der Waals surface area contributed by atoms with Gasteiger partial charge in [-0.2, -0.15) is 0 Å². The maximum absolute atomic E-state index is 3.53. The fourth-order valence-electron chi connectivity index (χ4n) is 0.990. The molecule has 0 aliphatic rings. The van der Waals surface area contributed by atoms with Crippen molar-refractivity contribution in [1.82, 2.24) is 10.6 Å². The molecule has 0 atom stereocenters. The van der Waals surface area contributed by atoms with E-state index in [-0.39, 0.29) is 32.7 Å². The molecule has 2 N–H and O–H groups in total. The van der Waals surface area contributed by atoms with Crippen LogP contribution in [0.2, 0.25) is 0 Å². The Morgan fingerprint density at radius 1 is 1.00 bits per heavy atom. The molecular weight excluding hydrogens is 285 g/mol. The first-order valence-corrected chi connectivity index (χ1v) is 6.09. The van der Waals surface area contributed by atoms with Crippen molar-refractivity contribution < 1.29 is 32.7 Å². The molecule has 0 fully saturated rings. The van der Waals surface area contributed by atoms with Gasteiger partial charge in [0.05, 0.1) is 0 Å². The third-order valence-electron chi connectivity index (χ3n) is 1.67. The quantitative estimate of drug-likeness (QED) is 0.834. The van der Waals surface area contributed by atoms with Crippen LogP contribution < -0.4 is 10.6 Å². The summed E-state index contributed by atoms with van der Waals surface area (Å²) in [4.78, 5) is 0. The molecule has 0 spiro atoms. The Morgan fingerprint density at radius 3 is 1.76 bits per heavy atom. The first kappa shape index (κ1) is 22.4. The van der Waals surface area contributed by atoms with Gasteiger partial charge in [0, 0.05) is 32.7 Å². The summed E-state index contributed by atoms with van der Waals surface area (Å²) in [7, 11) is 3.53. The minimum absolute atomic E-state index is 0. The number of hydrogen-bond acceptors (Lipinski definition) is 2. The zero-order valence-electron chi connectivity index (χ0n) is 11.8. The Labute approximate surface area is 133 Å². The van der Waals surface area contributed by atoms with E-state index in [4.69, 9.17) is 0 Å². The Balaban J connectivity index is -0.000000213. The smallest absolute Gasteiger partial charge is 0 e. The van der Waals surface area contributed by atoms with Crippen LogP contribution in [-0.2, 0) is 39.3 Å². The molecular formula is C14H27N2Y-. The van der Waals surface area contributed by atoms with Crippen LogP contribution >= 0.6 is 0 Å². The first-order chi connectivity index (χ1) is 7.85. The van der Waals surface area contributed by atoms with E-state index in [9.17, 15) is 0 Å². The molecule has 97 valence electrons. The average Bonchev–Trinajstić information content (AvgIpc) is 2.35. The van der Waals surface area contributed by atoms with E-state index in [2.05, 4.69) is 43.7 Å². The van der Waals surface area contributed by atoms with Crippen LogP contribution in [0.5, 0.6) is 0 Å². The predicted molar refractivity (Wildman–Crippen MR) is 74.2 cm³/mol. The van der Waals surface area contributed by atoms with E-state index < -0.39 is 0 Å². The summed E-state index contributed by atoms with van der Waals surface area (Å²) in [5.41, 5.74) is 1.27. The van der Waals surface area contributed by atoms with E-state index in [1.807, 2.05) is 32.0 Å². The van der Waals surface area contributed by atoms with Crippen LogP contribution in [0.4, 0.5) is 0 Å². The van der Waals surface area contributed by atoms with E-state index in [1.165, 1.54) is 5.56 Å². The molecule has 0 saturated heterocycles. The molecule has 0 amide bonds. The van der Waals surface area contributed by atoms with Crippen molar-refractivity contribution in [2.45, 2.75) is 34.2 Å². The van der Waals surface area contributed by atoms with E-state index in [0.717, 1.165) is 19.6 Å². The maximum Gasteiger partial charge on any atom is 0 e. The number of nitrogens with one attached hydrogen (secondary N) is 2. The van der Waals surface area contributed by atoms with E-state index >= 15 is 0 Å². The van der Waals surface area contributed by atoms with Crippen molar-refractivity contribution >= 4 is 0 Å². The zero-order valence-corrected chi connectivity index (χ0v) is 14.6. The molecule has 3 heteroatoms. The van der Waals surface area contributed by atoms with Crippen molar-refractivity contribution in [3.8, 4) is 0 Å². The fraction of sp³-hybridized carbons (Fsp3) is 0.500. The molecule has 1 radical (unpaired) electrons.